The van der Waals surface area contributed by atoms with Crippen LogP contribution in [0, 0.1) is 0 Å². The molecular weight excluding hydrogens is 258 g/mol. The molecule has 0 saturated heterocycles. The normalized spacial score (nSPS) is 16.6. The molecule has 0 spiro atoms. The predicted octanol–water partition coefficient (Wildman–Crippen LogP) is 1.97. The van der Waals surface area contributed by atoms with Gasteiger partial charge >= 0.3 is 5.97 Å². The van der Waals surface area contributed by atoms with Crippen LogP contribution in [0.1, 0.15) is 29.9 Å². The first kappa shape index (κ1) is 12.7. The van der Waals surface area contributed by atoms with Crippen molar-refractivity contribution in [3.63, 3.8) is 0 Å². The fraction of sp³-hybridized carbons (Fsp3) is 0.357. The molecule has 1 aromatic heterocycles. The molecule has 1 aliphatic rings. The van der Waals surface area contributed by atoms with Gasteiger partial charge in [-0.15, -0.1) is 5.10 Å². The summed E-state index contributed by atoms with van der Waals surface area (Å²) >= 11 is 0. The number of carbonyl (C=O) groups is 1. The van der Waals surface area contributed by atoms with Gasteiger partial charge in [0.1, 0.15) is 17.5 Å². The van der Waals surface area contributed by atoms with Crippen LogP contribution in [0.4, 0.5) is 0 Å². The molecule has 1 unspecified atom stereocenters. The monoisotopic (exact) mass is 273 g/mol. The zero-order chi connectivity index (χ0) is 14.1. The van der Waals surface area contributed by atoms with Gasteiger partial charge in [-0.25, -0.2) is 4.79 Å². The molecule has 1 atom stereocenters. The Labute approximate surface area is 116 Å². The van der Waals surface area contributed by atoms with Crippen molar-refractivity contribution in [2.24, 2.45) is 0 Å². The second-order valence-corrected chi connectivity index (χ2v) is 4.70. The Balaban J connectivity index is 1.97. The SMILES string of the molecule is CCOC(=O)c1n[nH]nc1-c1ccc2c(c1)CC(C)O2. The van der Waals surface area contributed by atoms with Crippen LogP contribution in [-0.4, -0.2) is 34.1 Å². The van der Waals surface area contributed by atoms with Gasteiger partial charge in [0.05, 0.1) is 6.61 Å². The van der Waals surface area contributed by atoms with Crippen molar-refractivity contribution in [1.82, 2.24) is 15.4 Å². The van der Waals surface area contributed by atoms with E-state index in [0.29, 0.717) is 12.3 Å². The van der Waals surface area contributed by atoms with Crippen LogP contribution in [-0.2, 0) is 11.2 Å². The third kappa shape index (κ3) is 2.13. The van der Waals surface area contributed by atoms with Crippen molar-refractivity contribution < 1.29 is 14.3 Å². The Bertz CT molecular complexity index is 651. The average Bonchev–Trinajstić information content (AvgIpc) is 3.02. The zero-order valence-electron chi connectivity index (χ0n) is 11.3. The molecule has 20 heavy (non-hydrogen) atoms. The summed E-state index contributed by atoms with van der Waals surface area (Å²) in [5.41, 5.74) is 2.66. The van der Waals surface area contributed by atoms with Crippen molar-refractivity contribution in [3.05, 3.63) is 29.5 Å². The molecule has 1 aliphatic heterocycles. The smallest absolute Gasteiger partial charge is 0.361 e. The molecule has 3 rings (SSSR count). The highest BCUT2D eigenvalue weighted by atomic mass is 16.5. The number of H-pyrrole nitrogens is 1. The van der Waals surface area contributed by atoms with E-state index in [9.17, 15) is 4.79 Å². The lowest BCUT2D eigenvalue weighted by atomic mass is 10.0. The van der Waals surface area contributed by atoms with Gasteiger partial charge in [0.2, 0.25) is 0 Å². The number of fused-ring (bicyclic) bond motifs is 1. The van der Waals surface area contributed by atoms with Crippen molar-refractivity contribution >= 4 is 5.97 Å². The first-order valence-corrected chi connectivity index (χ1v) is 6.57. The van der Waals surface area contributed by atoms with Gasteiger partial charge in [0.25, 0.3) is 0 Å². The molecule has 0 radical (unpaired) electrons. The van der Waals surface area contributed by atoms with E-state index in [1.54, 1.807) is 6.92 Å². The molecule has 6 nitrogen and oxygen atoms in total. The molecule has 6 heteroatoms. The van der Waals surface area contributed by atoms with Crippen molar-refractivity contribution in [3.8, 4) is 17.0 Å². The molecule has 0 aliphatic carbocycles. The Morgan fingerprint density at radius 2 is 2.35 bits per heavy atom. The van der Waals surface area contributed by atoms with Crippen LogP contribution in [0.25, 0.3) is 11.3 Å². The van der Waals surface area contributed by atoms with E-state index >= 15 is 0 Å². The molecule has 104 valence electrons. The highest BCUT2D eigenvalue weighted by Crippen LogP contribution is 2.32. The van der Waals surface area contributed by atoms with Crippen LogP contribution >= 0.6 is 0 Å². The predicted molar refractivity (Wildman–Crippen MR) is 71.6 cm³/mol. The Kier molecular flexibility index (Phi) is 3.14. The van der Waals surface area contributed by atoms with Crippen LogP contribution in [0.2, 0.25) is 0 Å². The van der Waals surface area contributed by atoms with Gasteiger partial charge in [-0.3, -0.25) is 0 Å². The summed E-state index contributed by atoms with van der Waals surface area (Å²) in [4.78, 5) is 11.8. The average molecular weight is 273 g/mol. The molecule has 2 heterocycles. The van der Waals surface area contributed by atoms with Crippen molar-refractivity contribution in [2.75, 3.05) is 6.61 Å². The first-order valence-electron chi connectivity index (χ1n) is 6.57. The van der Waals surface area contributed by atoms with Crippen LogP contribution < -0.4 is 4.74 Å². The van der Waals surface area contributed by atoms with Gasteiger partial charge in [0.15, 0.2) is 5.69 Å². The first-order chi connectivity index (χ1) is 9.69. The van der Waals surface area contributed by atoms with Gasteiger partial charge < -0.3 is 9.47 Å². The summed E-state index contributed by atoms with van der Waals surface area (Å²) in [6.07, 6.45) is 1.04. The number of nitrogens with one attached hydrogen (secondary N) is 1. The number of ether oxygens (including phenoxy) is 2. The minimum Gasteiger partial charge on any atom is -0.490 e. The summed E-state index contributed by atoms with van der Waals surface area (Å²) < 4.78 is 10.6. The van der Waals surface area contributed by atoms with Gasteiger partial charge in [-0.1, -0.05) is 0 Å². The van der Waals surface area contributed by atoms with Gasteiger partial charge in [0, 0.05) is 12.0 Å². The third-order valence-electron chi connectivity index (χ3n) is 3.19. The molecule has 1 aromatic carbocycles. The van der Waals surface area contributed by atoms with Crippen molar-refractivity contribution in [2.45, 2.75) is 26.4 Å². The number of nitrogens with zero attached hydrogens (tertiary/aromatic N) is 2. The molecule has 0 fully saturated rings. The fourth-order valence-electron chi connectivity index (χ4n) is 2.34. The van der Waals surface area contributed by atoms with Crippen LogP contribution in [0.3, 0.4) is 0 Å². The molecule has 0 saturated carbocycles. The lowest BCUT2D eigenvalue weighted by molar-refractivity contribution is 0.0520. The van der Waals surface area contributed by atoms with E-state index in [1.165, 1.54) is 0 Å². The maximum absolute atomic E-state index is 11.8. The Morgan fingerprint density at radius 3 is 3.15 bits per heavy atom. The van der Waals surface area contributed by atoms with E-state index in [-0.39, 0.29) is 11.8 Å². The Morgan fingerprint density at radius 1 is 1.50 bits per heavy atom. The van der Waals surface area contributed by atoms with E-state index in [1.807, 2.05) is 25.1 Å². The molecule has 2 aromatic rings. The minimum atomic E-state index is -0.471. The van der Waals surface area contributed by atoms with Crippen molar-refractivity contribution in [1.29, 1.82) is 0 Å². The summed E-state index contributed by atoms with van der Waals surface area (Å²) in [7, 11) is 0. The minimum absolute atomic E-state index is 0.182. The number of hydrogen-bond donors (Lipinski definition) is 1. The molecular formula is C14H15N3O3. The highest BCUT2D eigenvalue weighted by Gasteiger charge is 2.23. The summed E-state index contributed by atoms with van der Waals surface area (Å²) in [6, 6.07) is 5.76. The van der Waals surface area contributed by atoms with E-state index in [4.69, 9.17) is 9.47 Å². The third-order valence-corrected chi connectivity index (χ3v) is 3.19. The van der Waals surface area contributed by atoms with Gasteiger partial charge in [-0.05, 0) is 37.6 Å². The molecule has 1 N–H and O–H groups in total. The summed E-state index contributed by atoms with van der Waals surface area (Å²) in [5.74, 6) is 0.420. The van der Waals surface area contributed by atoms with E-state index in [0.717, 1.165) is 23.3 Å². The molecule has 0 bridgehead atoms. The lowest BCUT2D eigenvalue weighted by Crippen LogP contribution is -2.06. The number of aromatic nitrogens is 3. The summed E-state index contributed by atoms with van der Waals surface area (Å²) in [5, 5.41) is 10.4. The number of carbonyl (C=O) groups excluding carboxylic acids is 1. The number of esters is 1. The van der Waals surface area contributed by atoms with E-state index < -0.39 is 5.97 Å². The second kappa shape index (κ2) is 4.96. The fourth-order valence-corrected chi connectivity index (χ4v) is 2.34. The topological polar surface area (TPSA) is 77.1 Å². The number of aromatic amines is 1. The van der Waals surface area contributed by atoms with Crippen LogP contribution in [0.5, 0.6) is 5.75 Å². The quantitative estimate of drug-likeness (QED) is 0.865. The number of hydrogen-bond acceptors (Lipinski definition) is 5. The standard InChI is InChI=1S/C14H15N3O3/c1-3-19-14(18)13-12(15-17-16-13)9-4-5-11-10(7-9)6-8(2)20-11/h4-5,7-8H,3,6H2,1-2H3,(H,15,16,17). The maximum atomic E-state index is 11.8. The highest BCUT2D eigenvalue weighted by molar-refractivity contribution is 5.94. The lowest BCUT2D eigenvalue weighted by Gasteiger charge is -2.04. The summed E-state index contributed by atoms with van der Waals surface area (Å²) in [6.45, 7) is 4.09. The Hall–Kier alpha value is -2.37. The number of rotatable bonds is 3. The zero-order valence-corrected chi connectivity index (χ0v) is 11.3. The number of benzene rings is 1. The van der Waals surface area contributed by atoms with Crippen LogP contribution in [0.15, 0.2) is 18.2 Å². The largest absolute Gasteiger partial charge is 0.490 e. The second-order valence-electron chi connectivity index (χ2n) is 4.70. The van der Waals surface area contributed by atoms with Gasteiger partial charge in [-0.2, -0.15) is 10.3 Å². The maximum Gasteiger partial charge on any atom is 0.361 e. The molecule has 0 amide bonds. The van der Waals surface area contributed by atoms with E-state index in [2.05, 4.69) is 15.4 Å².